The lowest BCUT2D eigenvalue weighted by molar-refractivity contribution is 0.121. The van der Waals surface area contributed by atoms with Crippen molar-refractivity contribution in [1.29, 1.82) is 0 Å². The summed E-state index contributed by atoms with van der Waals surface area (Å²) in [7, 11) is 0. The first-order chi connectivity index (χ1) is 12.0. The predicted molar refractivity (Wildman–Crippen MR) is 103 cm³/mol. The van der Waals surface area contributed by atoms with Crippen molar-refractivity contribution in [3.05, 3.63) is 24.3 Å². The van der Waals surface area contributed by atoms with E-state index in [1.54, 1.807) is 34.1 Å². The molecule has 0 atom stereocenters. The lowest BCUT2D eigenvalue weighted by Gasteiger charge is -2.30. The Kier molecular flexibility index (Phi) is 7.93. The summed E-state index contributed by atoms with van der Waals surface area (Å²) in [6.45, 7) is 15.5. The zero-order valence-corrected chi connectivity index (χ0v) is 17.1. The van der Waals surface area contributed by atoms with Crippen molar-refractivity contribution in [3.8, 4) is 11.5 Å². The number of hydrogen-bond donors (Lipinski definition) is 0. The van der Waals surface area contributed by atoms with E-state index in [-0.39, 0.29) is 24.2 Å². The fraction of sp³-hybridized carbons (Fsp3) is 0.600. The molecule has 26 heavy (non-hydrogen) atoms. The summed E-state index contributed by atoms with van der Waals surface area (Å²) in [5, 5.41) is 0. The Morgan fingerprint density at radius 2 is 1.00 bits per heavy atom. The second-order valence-electron chi connectivity index (χ2n) is 7.40. The highest BCUT2D eigenvalue weighted by Gasteiger charge is 2.24. The van der Waals surface area contributed by atoms with Gasteiger partial charge in [0.05, 0.1) is 0 Å². The second kappa shape index (κ2) is 9.46. The molecule has 1 rings (SSSR count). The van der Waals surface area contributed by atoms with Gasteiger partial charge in [-0.15, -0.1) is 0 Å². The fourth-order valence-electron chi connectivity index (χ4n) is 2.94. The third-order valence-corrected chi connectivity index (χ3v) is 3.86. The largest absolute Gasteiger partial charge is 0.415 e. The third kappa shape index (κ3) is 5.93. The van der Waals surface area contributed by atoms with Crippen LogP contribution in [-0.4, -0.2) is 46.2 Å². The molecule has 0 saturated carbocycles. The van der Waals surface area contributed by atoms with Crippen LogP contribution in [0.5, 0.6) is 11.5 Å². The third-order valence-electron chi connectivity index (χ3n) is 3.86. The van der Waals surface area contributed by atoms with E-state index in [0.29, 0.717) is 11.5 Å². The highest BCUT2D eigenvalue weighted by atomic mass is 16.6. The van der Waals surface area contributed by atoms with Crippen LogP contribution in [0.4, 0.5) is 9.59 Å². The average Bonchev–Trinajstić information content (AvgIpc) is 2.45. The van der Waals surface area contributed by atoms with E-state index in [4.69, 9.17) is 9.47 Å². The van der Waals surface area contributed by atoms with Crippen LogP contribution in [0.25, 0.3) is 0 Å². The standard InChI is InChI=1S/C20H32N2O4/c1-13(2)21(14(3)4)19(23)25-17-10-9-11-18(12-17)26-20(24)22(15(5)6)16(7)8/h9-16H,1-8H3. The van der Waals surface area contributed by atoms with Gasteiger partial charge >= 0.3 is 12.2 Å². The van der Waals surface area contributed by atoms with Gasteiger partial charge in [-0.1, -0.05) is 6.07 Å². The summed E-state index contributed by atoms with van der Waals surface area (Å²) in [5.41, 5.74) is 0. The van der Waals surface area contributed by atoms with Crippen LogP contribution in [0, 0.1) is 0 Å². The monoisotopic (exact) mass is 364 g/mol. The number of carbonyl (C=O) groups excluding carboxylic acids is 2. The molecular formula is C20H32N2O4. The Morgan fingerprint density at radius 1 is 0.692 bits per heavy atom. The van der Waals surface area contributed by atoms with E-state index in [9.17, 15) is 9.59 Å². The minimum absolute atomic E-state index is 0.0224. The fourth-order valence-corrected chi connectivity index (χ4v) is 2.94. The first-order valence-corrected chi connectivity index (χ1v) is 9.14. The van der Waals surface area contributed by atoms with Crippen molar-refractivity contribution in [2.75, 3.05) is 0 Å². The van der Waals surface area contributed by atoms with Crippen LogP contribution >= 0.6 is 0 Å². The van der Waals surface area contributed by atoms with Crippen molar-refractivity contribution in [3.63, 3.8) is 0 Å². The van der Waals surface area contributed by atoms with E-state index in [1.807, 2.05) is 55.4 Å². The normalized spacial score (nSPS) is 11.2. The van der Waals surface area contributed by atoms with Crippen molar-refractivity contribution < 1.29 is 19.1 Å². The molecule has 0 N–H and O–H groups in total. The lowest BCUT2D eigenvalue weighted by atomic mass is 10.2. The Morgan fingerprint density at radius 3 is 1.27 bits per heavy atom. The Balaban J connectivity index is 2.88. The predicted octanol–water partition coefficient (Wildman–Crippen LogP) is 4.92. The molecule has 0 fully saturated rings. The molecule has 0 aliphatic rings. The van der Waals surface area contributed by atoms with Crippen molar-refractivity contribution in [2.24, 2.45) is 0 Å². The molecule has 1 aromatic rings. The van der Waals surface area contributed by atoms with Crippen LogP contribution in [0.2, 0.25) is 0 Å². The molecule has 0 aromatic heterocycles. The van der Waals surface area contributed by atoms with Gasteiger partial charge in [0.15, 0.2) is 0 Å². The number of amides is 2. The summed E-state index contributed by atoms with van der Waals surface area (Å²) >= 11 is 0. The minimum atomic E-state index is -0.426. The highest BCUT2D eigenvalue weighted by Crippen LogP contribution is 2.22. The van der Waals surface area contributed by atoms with E-state index in [0.717, 1.165) is 0 Å². The molecule has 0 spiro atoms. The van der Waals surface area contributed by atoms with E-state index in [2.05, 4.69) is 0 Å². The maximum Gasteiger partial charge on any atom is 0.415 e. The molecule has 0 unspecified atom stereocenters. The van der Waals surface area contributed by atoms with E-state index < -0.39 is 12.2 Å². The first-order valence-electron chi connectivity index (χ1n) is 9.14. The summed E-state index contributed by atoms with van der Waals surface area (Å²) in [6, 6.07) is 6.66. The Labute approximate surface area is 157 Å². The molecule has 2 amide bonds. The molecule has 0 aliphatic carbocycles. The van der Waals surface area contributed by atoms with Gasteiger partial charge in [0.1, 0.15) is 11.5 Å². The molecule has 1 aromatic carbocycles. The molecule has 0 bridgehead atoms. The molecule has 0 radical (unpaired) electrons. The zero-order chi connectivity index (χ0) is 20.0. The smallest absolute Gasteiger partial charge is 0.410 e. The quantitative estimate of drug-likeness (QED) is 0.719. The van der Waals surface area contributed by atoms with E-state index >= 15 is 0 Å². The SMILES string of the molecule is CC(C)N(C(=O)Oc1cccc(OC(=O)N(C(C)C)C(C)C)c1)C(C)C. The number of hydrogen-bond acceptors (Lipinski definition) is 4. The van der Waals surface area contributed by atoms with Gasteiger partial charge in [0.25, 0.3) is 0 Å². The lowest BCUT2D eigenvalue weighted by Crippen LogP contribution is -2.44. The van der Waals surface area contributed by atoms with Gasteiger partial charge < -0.3 is 19.3 Å². The van der Waals surface area contributed by atoms with Crippen LogP contribution < -0.4 is 9.47 Å². The van der Waals surface area contributed by atoms with Gasteiger partial charge in [0, 0.05) is 30.2 Å². The Hall–Kier alpha value is -2.24. The van der Waals surface area contributed by atoms with Crippen LogP contribution in [-0.2, 0) is 0 Å². The number of rotatable bonds is 6. The van der Waals surface area contributed by atoms with Crippen LogP contribution in [0.3, 0.4) is 0 Å². The summed E-state index contributed by atoms with van der Waals surface area (Å²) in [4.78, 5) is 28.1. The summed E-state index contributed by atoms with van der Waals surface area (Å²) < 4.78 is 10.9. The van der Waals surface area contributed by atoms with E-state index in [1.165, 1.54) is 0 Å². The molecular weight excluding hydrogens is 332 g/mol. The van der Waals surface area contributed by atoms with Crippen molar-refractivity contribution >= 4 is 12.2 Å². The van der Waals surface area contributed by atoms with Crippen molar-refractivity contribution in [1.82, 2.24) is 9.80 Å². The molecule has 0 heterocycles. The molecule has 0 aliphatic heterocycles. The van der Waals surface area contributed by atoms with Gasteiger partial charge in [-0.2, -0.15) is 0 Å². The molecule has 146 valence electrons. The van der Waals surface area contributed by atoms with Gasteiger partial charge in [-0.25, -0.2) is 9.59 Å². The highest BCUT2D eigenvalue weighted by molar-refractivity contribution is 5.73. The molecule has 6 nitrogen and oxygen atoms in total. The van der Waals surface area contributed by atoms with Crippen molar-refractivity contribution in [2.45, 2.75) is 79.6 Å². The zero-order valence-electron chi connectivity index (χ0n) is 17.1. The second-order valence-corrected chi connectivity index (χ2v) is 7.40. The molecule has 0 saturated heterocycles. The maximum atomic E-state index is 12.4. The molecule has 6 heteroatoms. The number of ether oxygens (including phenoxy) is 2. The summed E-state index contributed by atoms with van der Waals surface area (Å²) in [6.07, 6.45) is -0.853. The minimum Gasteiger partial charge on any atom is -0.410 e. The number of benzene rings is 1. The average molecular weight is 364 g/mol. The van der Waals surface area contributed by atoms with Gasteiger partial charge in [-0.05, 0) is 67.5 Å². The van der Waals surface area contributed by atoms with Gasteiger partial charge in [0.2, 0.25) is 0 Å². The first kappa shape index (κ1) is 21.8. The van der Waals surface area contributed by atoms with Crippen LogP contribution in [0.1, 0.15) is 55.4 Å². The van der Waals surface area contributed by atoms with Gasteiger partial charge in [-0.3, -0.25) is 0 Å². The maximum absolute atomic E-state index is 12.4. The number of nitrogens with zero attached hydrogens (tertiary/aromatic N) is 2. The number of carbonyl (C=O) groups is 2. The Bertz CT molecular complexity index is 546. The van der Waals surface area contributed by atoms with Crippen LogP contribution in [0.15, 0.2) is 24.3 Å². The topological polar surface area (TPSA) is 59.1 Å². The summed E-state index contributed by atoms with van der Waals surface area (Å²) in [5.74, 6) is 0.680.